The van der Waals surface area contributed by atoms with Crippen molar-refractivity contribution in [2.45, 2.75) is 90.9 Å². The maximum atomic E-state index is 13.2. The fourth-order valence-electron chi connectivity index (χ4n) is 4.60. The van der Waals surface area contributed by atoms with Crippen molar-refractivity contribution in [2.75, 3.05) is 31.7 Å². The highest BCUT2D eigenvalue weighted by Crippen LogP contribution is 2.32. The van der Waals surface area contributed by atoms with Gasteiger partial charge in [0.2, 0.25) is 0 Å². The molecule has 0 bridgehead atoms. The Balaban J connectivity index is 1.91. The summed E-state index contributed by atoms with van der Waals surface area (Å²) in [6, 6.07) is 11.7. The van der Waals surface area contributed by atoms with E-state index in [0.717, 1.165) is 35.4 Å². The van der Waals surface area contributed by atoms with Crippen LogP contribution in [0, 0.1) is 12.8 Å². The van der Waals surface area contributed by atoms with Gasteiger partial charge in [0.25, 0.3) is 0 Å². The van der Waals surface area contributed by atoms with Gasteiger partial charge in [-0.1, -0.05) is 52.0 Å². The first-order valence-electron chi connectivity index (χ1n) is 15.5. The molecule has 3 rings (SSSR count). The van der Waals surface area contributed by atoms with Crippen LogP contribution in [-0.4, -0.2) is 69.3 Å². The number of alkyl halides is 3. The molecular weight excluding hydrogens is 609 g/mol. The van der Waals surface area contributed by atoms with Crippen LogP contribution in [0.4, 0.5) is 28.4 Å². The van der Waals surface area contributed by atoms with Crippen LogP contribution in [0.25, 0.3) is 0 Å². The highest BCUT2D eigenvalue weighted by molar-refractivity contribution is 5.84. The lowest BCUT2D eigenvalue weighted by Gasteiger charge is -2.45. The first-order chi connectivity index (χ1) is 21.9. The number of carbonyl (C=O) groups excluding carboxylic acids is 2. The van der Waals surface area contributed by atoms with E-state index in [0.29, 0.717) is 26.0 Å². The maximum absolute atomic E-state index is 13.2. The molecule has 0 radical (unpaired) electrons. The van der Waals surface area contributed by atoms with Crippen molar-refractivity contribution in [3.8, 4) is 0 Å². The third kappa shape index (κ3) is 11.4. The predicted molar refractivity (Wildman–Crippen MR) is 164 cm³/mol. The summed E-state index contributed by atoms with van der Waals surface area (Å²) in [6.07, 6.45) is -9.84. The number of ether oxygens (including phenoxy) is 6. The summed E-state index contributed by atoms with van der Waals surface area (Å²) in [5.74, 6) is 0.147. The van der Waals surface area contributed by atoms with Crippen molar-refractivity contribution in [3.05, 3.63) is 65.2 Å². The molecule has 2 aromatic carbocycles. The molecule has 5 atom stereocenters. The van der Waals surface area contributed by atoms with Crippen molar-refractivity contribution in [1.29, 1.82) is 0 Å². The minimum Gasteiger partial charge on any atom is -0.447 e. The summed E-state index contributed by atoms with van der Waals surface area (Å²) in [5, 5.41) is 5.08. The second-order valence-corrected chi connectivity index (χ2v) is 11.4. The Morgan fingerprint density at radius 1 is 0.913 bits per heavy atom. The molecule has 1 fully saturated rings. The molecule has 0 aromatic heterocycles. The molecule has 0 aliphatic carbocycles. The van der Waals surface area contributed by atoms with Gasteiger partial charge in [0.05, 0.1) is 18.8 Å². The van der Waals surface area contributed by atoms with E-state index < -0.39 is 54.6 Å². The Kier molecular flexibility index (Phi) is 14.6. The first-order valence-corrected chi connectivity index (χ1v) is 15.5. The van der Waals surface area contributed by atoms with Gasteiger partial charge in [-0.15, -0.1) is 0 Å². The summed E-state index contributed by atoms with van der Waals surface area (Å²) in [5.41, 5.74) is 1.16. The second kappa shape index (κ2) is 18.1. The Hall–Kier alpha value is -3.39. The van der Waals surface area contributed by atoms with Crippen LogP contribution in [0.1, 0.15) is 57.2 Å². The zero-order valence-corrected chi connectivity index (χ0v) is 26.9. The standard InChI is InChI=1S/C33H45F3N2O8/c1-6-16-37-31(39)44-20-26-27(46-32(40)38-25-14-12-24(13-15-25)33(34,35)36)28(41-17-7-2)29(30(45-26)43-18-21(3)4)42-19-23-11-9-8-10-22(23)5/h8-15,21,26-30H,6-7,16-20H2,1-5H3,(H,37,39)(H,38,40)/t26-,27-,28+,29-,30-/m1/s1. The fraction of sp³-hybridized carbons (Fsp3) is 0.576. The summed E-state index contributed by atoms with van der Waals surface area (Å²) < 4.78 is 75.4. The van der Waals surface area contributed by atoms with Gasteiger partial charge in [-0.25, -0.2) is 9.59 Å². The number of alkyl carbamates (subject to hydrolysis) is 1. The number of hydrogen-bond acceptors (Lipinski definition) is 8. The van der Waals surface area contributed by atoms with E-state index in [1.165, 1.54) is 0 Å². The quantitative estimate of drug-likeness (QED) is 0.215. The summed E-state index contributed by atoms with van der Waals surface area (Å²) >= 11 is 0. The number of anilines is 1. The molecule has 2 amide bonds. The normalized spacial score (nSPS) is 21.5. The van der Waals surface area contributed by atoms with Crippen LogP contribution in [0.3, 0.4) is 0 Å². The van der Waals surface area contributed by atoms with Crippen LogP contribution < -0.4 is 10.6 Å². The molecule has 2 aromatic rings. The molecule has 0 unspecified atom stereocenters. The largest absolute Gasteiger partial charge is 0.447 e. The Bertz CT molecular complexity index is 1230. The van der Waals surface area contributed by atoms with Gasteiger partial charge in [0.1, 0.15) is 24.9 Å². The molecule has 0 spiro atoms. The summed E-state index contributed by atoms with van der Waals surface area (Å²) in [7, 11) is 0. The van der Waals surface area contributed by atoms with E-state index in [4.69, 9.17) is 28.4 Å². The van der Waals surface area contributed by atoms with Crippen molar-refractivity contribution in [2.24, 2.45) is 5.92 Å². The number of carbonyl (C=O) groups is 2. The van der Waals surface area contributed by atoms with Crippen molar-refractivity contribution >= 4 is 17.9 Å². The number of amides is 2. The average Bonchev–Trinajstić information content (AvgIpc) is 3.01. The Morgan fingerprint density at radius 2 is 1.63 bits per heavy atom. The monoisotopic (exact) mass is 654 g/mol. The van der Waals surface area contributed by atoms with E-state index in [1.54, 1.807) is 0 Å². The number of benzene rings is 2. The van der Waals surface area contributed by atoms with Gasteiger partial charge in [0.15, 0.2) is 12.4 Å². The Morgan fingerprint density at radius 3 is 2.26 bits per heavy atom. The van der Waals surface area contributed by atoms with Crippen LogP contribution in [-0.2, 0) is 41.2 Å². The lowest BCUT2D eigenvalue weighted by molar-refractivity contribution is -0.318. The van der Waals surface area contributed by atoms with Crippen LogP contribution in [0.2, 0.25) is 0 Å². The lowest BCUT2D eigenvalue weighted by Crippen LogP contribution is -2.62. The predicted octanol–water partition coefficient (Wildman–Crippen LogP) is 6.85. The molecule has 1 heterocycles. The van der Waals surface area contributed by atoms with E-state index in [-0.39, 0.29) is 31.4 Å². The zero-order chi connectivity index (χ0) is 33.7. The third-order valence-corrected chi connectivity index (χ3v) is 6.99. The van der Waals surface area contributed by atoms with E-state index in [2.05, 4.69) is 10.6 Å². The highest BCUT2D eigenvalue weighted by atomic mass is 19.4. The van der Waals surface area contributed by atoms with Crippen LogP contribution in [0.15, 0.2) is 48.5 Å². The molecule has 2 N–H and O–H groups in total. The number of nitrogens with one attached hydrogen (secondary N) is 2. The highest BCUT2D eigenvalue weighted by Gasteiger charge is 2.51. The van der Waals surface area contributed by atoms with Gasteiger partial charge in [-0.3, -0.25) is 5.32 Å². The van der Waals surface area contributed by atoms with Gasteiger partial charge in [-0.2, -0.15) is 13.2 Å². The minimum atomic E-state index is -4.53. The molecule has 10 nitrogen and oxygen atoms in total. The second-order valence-electron chi connectivity index (χ2n) is 11.4. The van der Waals surface area contributed by atoms with Crippen molar-refractivity contribution in [1.82, 2.24) is 5.32 Å². The molecule has 13 heteroatoms. The van der Waals surface area contributed by atoms with E-state index in [9.17, 15) is 22.8 Å². The van der Waals surface area contributed by atoms with Gasteiger partial charge >= 0.3 is 18.4 Å². The zero-order valence-electron chi connectivity index (χ0n) is 26.9. The maximum Gasteiger partial charge on any atom is 0.416 e. The molecule has 256 valence electrons. The lowest BCUT2D eigenvalue weighted by atomic mass is 9.98. The molecule has 1 aliphatic rings. The number of aryl methyl sites for hydroxylation is 1. The first kappa shape index (κ1) is 37.1. The number of hydrogen-bond donors (Lipinski definition) is 2. The van der Waals surface area contributed by atoms with E-state index >= 15 is 0 Å². The van der Waals surface area contributed by atoms with Gasteiger partial charge in [-0.05, 0) is 61.1 Å². The van der Waals surface area contributed by atoms with Gasteiger partial charge < -0.3 is 33.7 Å². The van der Waals surface area contributed by atoms with Gasteiger partial charge in [0, 0.05) is 18.8 Å². The number of halogens is 3. The smallest absolute Gasteiger partial charge is 0.416 e. The summed E-state index contributed by atoms with van der Waals surface area (Å²) in [6.45, 7) is 10.6. The van der Waals surface area contributed by atoms with Crippen LogP contribution >= 0.6 is 0 Å². The third-order valence-electron chi connectivity index (χ3n) is 6.99. The van der Waals surface area contributed by atoms with Crippen molar-refractivity contribution in [3.63, 3.8) is 0 Å². The molecular formula is C33H45F3N2O8. The molecule has 1 aliphatic heterocycles. The molecule has 46 heavy (non-hydrogen) atoms. The topological polar surface area (TPSA) is 114 Å². The van der Waals surface area contributed by atoms with Crippen molar-refractivity contribution < 1.29 is 51.2 Å². The fourth-order valence-corrected chi connectivity index (χ4v) is 4.60. The average molecular weight is 655 g/mol. The minimum absolute atomic E-state index is 0.0815. The molecule has 1 saturated heterocycles. The SMILES string of the molecule is CCCNC(=O)OC[C@H]1O[C@@H](OCC(C)C)[C@H](OCc2ccccc2C)[C@@H](OCCC)[C@@H]1OC(=O)Nc1ccc(C(F)(F)F)cc1. The molecule has 0 saturated carbocycles. The summed E-state index contributed by atoms with van der Waals surface area (Å²) in [4.78, 5) is 25.5. The van der Waals surface area contributed by atoms with E-state index in [1.807, 2.05) is 58.9 Å². The number of rotatable bonds is 15. The Labute approximate surface area is 268 Å². The van der Waals surface area contributed by atoms with Crippen LogP contribution in [0.5, 0.6) is 0 Å².